The Bertz CT molecular complexity index is 1040. The molecule has 0 spiro atoms. The molecule has 3 rings (SSSR count). The Morgan fingerprint density at radius 1 is 0.897 bits per heavy atom. The van der Waals surface area contributed by atoms with E-state index in [1.165, 1.54) is 24.3 Å². The normalized spacial score (nSPS) is 22.7. The Morgan fingerprint density at radius 2 is 1.38 bits per heavy atom. The predicted octanol–water partition coefficient (Wildman–Crippen LogP) is 1.89. The molecule has 1 aliphatic rings. The van der Waals surface area contributed by atoms with E-state index >= 15 is 0 Å². The highest BCUT2D eigenvalue weighted by atomic mass is 32.2. The van der Waals surface area contributed by atoms with E-state index in [4.69, 9.17) is 13.1 Å². The summed E-state index contributed by atoms with van der Waals surface area (Å²) in [5.74, 6) is 0. The lowest BCUT2D eigenvalue weighted by Gasteiger charge is -2.18. The van der Waals surface area contributed by atoms with E-state index in [-0.39, 0.29) is 16.2 Å². The quantitative estimate of drug-likeness (QED) is 0.646. The minimum Gasteiger partial charge on any atom is -0.368 e. The van der Waals surface area contributed by atoms with Crippen molar-refractivity contribution in [2.45, 2.75) is 48.6 Å². The maximum atomic E-state index is 12.5. The standard InChI is InChI=1S/C19H22O8S2/c1-13-3-7-15(8-4-13)28(21,22)25-12-18-17(11-19(20)26-18)27-29(23,24)16-9-5-14(2)6-10-16/h3-10,17-20H,11-12H2,1-2H3/t17-,18+,19-/m1/s1. The second-order valence-electron chi connectivity index (χ2n) is 6.82. The molecule has 2 aromatic carbocycles. The Balaban J connectivity index is 1.70. The SMILES string of the molecule is Cc1ccc(S(=O)(=O)OC[C@@H]2O[C@@H](O)C[C@H]2OS(=O)(=O)c2ccc(C)cc2)cc1. The zero-order valence-corrected chi connectivity index (χ0v) is 17.5. The fraction of sp³-hybridized carbons (Fsp3) is 0.368. The number of aliphatic hydroxyl groups excluding tert-OH is 1. The lowest BCUT2D eigenvalue weighted by atomic mass is 10.2. The van der Waals surface area contributed by atoms with E-state index < -0.39 is 45.3 Å². The topological polar surface area (TPSA) is 116 Å². The molecule has 0 amide bonds. The van der Waals surface area contributed by atoms with Crippen molar-refractivity contribution < 1.29 is 35.0 Å². The van der Waals surface area contributed by atoms with Crippen LogP contribution in [-0.4, -0.2) is 47.0 Å². The summed E-state index contributed by atoms with van der Waals surface area (Å²) in [6.07, 6.45) is -3.59. The average molecular weight is 443 g/mol. The number of rotatable bonds is 7. The van der Waals surface area contributed by atoms with E-state index in [9.17, 15) is 21.9 Å². The molecule has 158 valence electrons. The fourth-order valence-electron chi connectivity index (χ4n) is 2.80. The molecular formula is C19H22O8S2. The molecule has 1 fully saturated rings. The van der Waals surface area contributed by atoms with Crippen LogP contribution in [-0.2, 0) is 33.3 Å². The third-order valence-corrected chi connectivity index (χ3v) is 7.08. The van der Waals surface area contributed by atoms with Crippen molar-refractivity contribution in [3.63, 3.8) is 0 Å². The number of hydrogen-bond acceptors (Lipinski definition) is 8. The summed E-state index contributed by atoms with van der Waals surface area (Å²) < 4.78 is 65.1. The maximum Gasteiger partial charge on any atom is 0.297 e. The molecule has 2 aromatic rings. The van der Waals surface area contributed by atoms with Gasteiger partial charge in [0.15, 0.2) is 6.29 Å². The van der Waals surface area contributed by atoms with E-state index in [1.54, 1.807) is 24.3 Å². The molecule has 1 heterocycles. The highest BCUT2D eigenvalue weighted by Crippen LogP contribution is 2.27. The first-order chi connectivity index (χ1) is 13.6. The largest absolute Gasteiger partial charge is 0.368 e. The van der Waals surface area contributed by atoms with Crippen LogP contribution in [0.2, 0.25) is 0 Å². The first kappa shape index (κ1) is 21.9. The molecule has 1 saturated heterocycles. The molecule has 8 nitrogen and oxygen atoms in total. The molecule has 0 aliphatic carbocycles. The van der Waals surface area contributed by atoms with Gasteiger partial charge in [0.25, 0.3) is 20.2 Å². The van der Waals surface area contributed by atoms with E-state index in [0.717, 1.165) is 11.1 Å². The number of ether oxygens (including phenoxy) is 1. The first-order valence-corrected chi connectivity index (χ1v) is 11.7. The molecule has 10 heteroatoms. The van der Waals surface area contributed by atoms with Gasteiger partial charge in [-0.05, 0) is 38.1 Å². The minimum absolute atomic E-state index is 0.0357. The van der Waals surface area contributed by atoms with Gasteiger partial charge in [-0.1, -0.05) is 35.4 Å². The molecule has 0 unspecified atom stereocenters. The molecular weight excluding hydrogens is 420 g/mol. The van der Waals surface area contributed by atoms with Crippen molar-refractivity contribution >= 4 is 20.2 Å². The molecule has 0 bridgehead atoms. The molecule has 0 radical (unpaired) electrons. The Labute approximate surface area is 170 Å². The Kier molecular flexibility index (Phi) is 6.42. The van der Waals surface area contributed by atoms with Gasteiger partial charge in [-0.25, -0.2) is 0 Å². The van der Waals surface area contributed by atoms with Crippen LogP contribution in [0.1, 0.15) is 17.5 Å². The minimum atomic E-state index is -4.12. The van der Waals surface area contributed by atoms with Crippen molar-refractivity contribution in [1.82, 2.24) is 0 Å². The van der Waals surface area contributed by atoms with Crippen LogP contribution < -0.4 is 0 Å². The summed E-state index contributed by atoms with van der Waals surface area (Å²) in [5, 5.41) is 9.75. The van der Waals surface area contributed by atoms with Crippen molar-refractivity contribution in [1.29, 1.82) is 0 Å². The molecule has 29 heavy (non-hydrogen) atoms. The van der Waals surface area contributed by atoms with E-state index in [0.29, 0.717) is 0 Å². The Morgan fingerprint density at radius 3 is 1.90 bits per heavy atom. The monoisotopic (exact) mass is 442 g/mol. The number of aliphatic hydroxyl groups is 1. The first-order valence-electron chi connectivity index (χ1n) is 8.86. The van der Waals surface area contributed by atoms with Crippen LogP contribution >= 0.6 is 0 Å². The second kappa shape index (κ2) is 8.50. The van der Waals surface area contributed by atoms with Crippen LogP contribution in [0.4, 0.5) is 0 Å². The van der Waals surface area contributed by atoms with Gasteiger partial charge in [0, 0.05) is 6.42 Å². The van der Waals surface area contributed by atoms with E-state index in [1.807, 2.05) is 13.8 Å². The van der Waals surface area contributed by atoms with Gasteiger partial charge < -0.3 is 9.84 Å². The third kappa shape index (κ3) is 5.41. The van der Waals surface area contributed by atoms with Gasteiger partial charge in [0.1, 0.15) is 12.2 Å². The maximum absolute atomic E-state index is 12.5. The van der Waals surface area contributed by atoms with Crippen LogP contribution in [0.5, 0.6) is 0 Å². The smallest absolute Gasteiger partial charge is 0.297 e. The fourth-order valence-corrected chi connectivity index (χ4v) is 4.82. The van der Waals surface area contributed by atoms with Gasteiger partial charge >= 0.3 is 0 Å². The van der Waals surface area contributed by atoms with Crippen molar-refractivity contribution in [2.24, 2.45) is 0 Å². The second-order valence-corrected chi connectivity index (χ2v) is 10.0. The van der Waals surface area contributed by atoms with E-state index in [2.05, 4.69) is 0 Å². The highest BCUT2D eigenvalue weighted by molar-refractivity contribution is 7.87. The number of hydrogen-bond donors (Lipinski definition) is 1. The predicted molar refractivity (Wildman–Crippen MR) is 103 cm³/mol. The molecule has 0 saturated carbocycles. The summed E-state index contributed by atoms with van der Waals surface area (Å²) in [5.41, 5.74) is 1.78. The van der Waals surface area contributed by atoms with Gasteiger partial charge in [0.05, 0.1) is 16.4 Å². The lowest BCUT2D eigenvalue weighted by molar-refractivity contribution is -0.103. The average Bonchev–Trinajstić information content (AvgIpc) is 2.99. The van der Waals surface area contributed by atoms with Crippen LogP contribution in [0.25, 0.3) is 0 Å². The molecule has 3 atom stereocenters. The van der Waals surface area contributed by atoms with Gasteiger partial charge in [-0.15, -0.1) is 0 Å². The zero-order chi connectivity index (χ0) is 21.2. The van der Waals surface area contributed by atoms with Crippen LogP contribution in [0.3, 0.4) is 0 Å². The lowest BCUT2D eigenvalue weighted by Crippen LogP contribution is -2.32. The summed E-state index contributed by atoms with van der Waals surface area (Å²) >= 11 is 0. The summed E-state index contributed by atoms with van der Waals surface area (Å²) in [6.45, 7) is 3.14. The van der Waals surface area contributed by atoms with Crippen LogP contribution in [0, 0.1) is 13.8 Å². The summed E-state index contributed by atoms with van der Waals surface area (Å²) in [7, 11) is -8.20. The van der Waals surface area contributed by atoms with Crippen molar-refractivity contribution in [2.75, 3.05) is 6.61 Å². The Hall–Kier alpha value is -1.82. The highest BCUT2D eigenvalue weighted by Gasteiger charge is 2.39. The van der Waals surface area contributed by atoms with Gasteiger partial charge in [-0.3, -0.25) is 8.37 Å². The summed E-state index contributed by atoms with van der Waals surface area (Å²) in [6, 6.07) is 12.2. The van der Waals surface area contributed by atoms with Gasteiger partial charge in [0.2, 0.25) is 0 Å². The number of benzene rings is 2. The van der Waals surface area contributed by atoms with Crippen molar-refractivity contribution in [3.8, 4) is 0 Å². The summed E-state index contributed by atoms with van der Waals surface area (Å²) in [4.78, 5) is -0.0807. The molecule has 1 N–H and O–H groups in total. The molecule has 1 aliphatic heterocycles. The number of aryl methyl sites for hydroxylation is 2. The van der Waals surface area contributed by atoms with Gasteiger partial charge in [-0.2, -0.15) is 16.8 Å². The molecule has 0 aromatic heterocycles. The van der Waals surface area contributed by atoms with Crippen molar-refractivity contribution in [3.05, 3.63) is 59.7 Å². The zero-order valence-electron chi connectivity index (χ0n) is 15.9. The van der Waals surface area contributed by atoms with Crippen LogP contribution in [0.15, 0.2) is 58.3 Å². The third-order valence-electron chi connectivity index (χ3n) is 4.44.